The van der Waals surface area contributed by atoms with Crippen LogP contribution in [0.4, 0.5) is 0 Å². The van der Waals surface area contributed by atoms with Gasteiger partial charge < -0.3 is 4.74 Å². The number of aromatic nitrogens is 1. The highest BCUT2D eigenvalue weighted by molar-refractivity contribution is 7.89. The molecule has 0 fully saturated rings. The maximum atomic E-state index is 12.6. The Hall–Kier alpha value is -2.44. The van der Waals surface area contributed by atoms with Crippen LogP contribution in [0.15, 0.2) is 59.6 Å². The van der Waals surface area contributed by atoms with E-state index in [0.717, 1.165) is 22.0 Å². The molecule has 0 radical (unpaired) electrons. The summed E-state index contributed by atoms with van der Waals surface area (Å²) in [7, 11) is -3.60. The van der Waals surface area contributed by atoms with Gasteiger partial charge in [-0.15, -0.1) is 0 Å². The van der Waals surface area contributed by atoms with E-state index in [-0.39, 0.29) is 12.6 Å². The highest BCUT2D eigenvalue weighted by atomic mass is 32.2. The summed E-state index contributed by atoms with van der Waals surface area (Å²) in [5.74, 6) is 0.688. The zero-order valence-corrected chi connectivity index (χ0v) is 15.9. The lowest BCUT2D eigenvalue weighted by Crippen LogP contribution is -2.37. The molecule has 0 bridgehead atoms. The van der Waals surface area contributed by atoms with Gasteiger partial charge in [0.25, 0.3) is 0 Å². The Morgan fingerprint density at radius 1 is 1.12 bits per heavy atom. The maximum absolute atomic E-state index is 12.6. The number of nitrogens with one attached hydrogen (secondary N) is 1. The summed E-state index contributed by atoms with van der Waals surface area (Å²) in [4.78, 5) is 4.59. The Morgan fingerprint density at radius 2 is 1.92 bits per heavy atom. The molecule has 0 saturated heterocycles. The molecule has 26 heavy (non-hydrogen) atoms. The van der Waals surface area contributed by atoms with Crippen LogP contribution in [-0.4, -0.2) is 26.1 Å². The summed E-state index contributed by atoms with van der Waals surface area (Å²) >= 11 is 0. The Labute approximate surface area is 154 Å². The number of pyridine rings is 1. The average Bonchev–Trinajstić information content (AvgIpc) is 2.59. The molecule has 0 saturated carbocycles. The molecule has 0 spiro atoms. The Balaban J connectivity index is 1.71. The smallest absolute Gasteiger partial charge is 0.241 e. The third kappa shape index (κ3) is 4.03. The van der Waals surface area contributed by atoms with Gasteiger partial charge in [-0.05, 0) is 56.7 Å². The Bertz CT molecular complexity index is 1030. The van der Waals surface area contributed by atoms with E-state index in [1.54, 1.807) is 32.2 Å². The van der Waals surface area contributed by atoms with Crippen molar-refractivity contribution in [3.63, 3.8) is 0 Å². The van der Waals surface area contributed by atoms with Gasteiger partial charge in [0.05, 0.1) is 16.5 Å². The van der Waals surface area contributed by atoms with Crippen LogP contribution < -0.4 is 9.46 Å². The van der Waals surface area contributed by atoms with Crippen LogP contribution in [0.3, 0.4) is 0 Å². The molecule has 1 atom stereocenters. The van der Waals surface area contributed by atoms with Crippen LogP contribution in [0.25, 0.3) is 10.9 Å². The van der Waals surface area contributed by atoms with Crippen LogP contribution >= 0.6 is 0 Å². The second kappa shape index (κ2) is 7.43. The van der Waals surface area contributed by atoms with Gasteiger partial charge in [0.2, 0.25) is 10.0 Å². The number of rotatable bonds is 6. The van der Waals surface area contributed by atoms with E-state index < -0.39 is 10.0 Å². The van der Waals surface area contributed by atoms with Crippen molar-refractivity contribution in [1.29, 1.82) is 0 Å². The van der Waals surface area contributed by atoms with E-state index >= 15 is 0 Å². The summed E-state index contributed by atoms with van der Waals surface area (Å²) in [6.07, 6.45) is 1.73. The van der Waals surface area contributed by atoms with Gasteiger partial charge in [-0.25, -0.2) is 13.1 Å². The summed E-state index contributed by atoms with van der Waals surface area (Å²) in [6.45, 7) is 5.74. The summed E-state index contributed by atoms with van der Waals surface area (Å²) in [6, 6.07) is 14.3. The number of sulfonamides is 1. The standard InChI is InChI=1S/C20H22N2O3S/c1-14-9-10-20(15(2)12-14)26(23,24)22-16(3)13-25-19-8-4-7-18-17(19)6-5-11-21-18/h4-12,16,22H,13H2,1-3H3/t16-/m0/s1. The zero-order chi connectivity index (χ0) is 18.7. The molecule has 6 heteroatoms. The first-order valence-electron chi connectivity index (χ1n) is 8.43. The van der Waals surface area contributed by atoms with E-state index in [2.05, 4.69) is 9.71 Å². The summed E-state index contributed by atoms with van der Waals surface area (Å²) < 4.78 is 33.8. The first kappa shape index (κ1) is 18.4. The number of benzene rings is 2. The third-order valence-corrected chi connectivity index (χ3v) is 5.82. The Morgan fingerprint density at radius 3 is 2.69 bits per heavy atom. The summed E-state index contributed by atoms with van der Waals surface area (Å²) in [5, 5.41) is 0.902. The van der Waals surface area contributed by atoms with Crippen molar-refractivity contribution in [2.45, 2.75) is 31.7 Å². The second-order valence-electron chi connectivity index (χ2n) is 6.43. The predicted octanol–water partition coefficient (Wildman–Crippen LogP) is 3.60. The SMILES string of the molecule is Cc1ccc(S(=O)(=O)N[C@@H](C)COc2cccc3ncccc23)c(C)c1. The normalized spacial score (nSPS) is 12.9. The van der Waals surface area contributed by atoms with Crippen molar-refractivity contribution in [3.8, 4) is 5.75 Å². The quantitative estimate of drug-likeness (QED) is 0.720. The number of fused-ring (bicyclic) bond motifs is 1. The molecule has 1 N–H and O–H groups in total. The topological polar surface area (TPSA) is 68.3 Å². The van der Waals surface area contributed by atoms with Crippen LogP contribution in [-0.2, 0) is 10.0 Å². The van der Waals surface area contributed by atoms with Crippen molar-refractivity contribution < 1.29 is 13.2 Å². The first-order valence-corrected chi connectivity index (χ1v) is 9.91. The van der Waals surface area contributed by atoms with Gasteiger partial charge in [0.15, 0.2) is 0 Å². The van der Waals surface area contributed by atoms with E-state index in [9.17, 15) is 8.42 Å². The molecule has 3 rings (SSSR count). The van der Waals surface area contributed by atoms with E-state index in [1.165, 1.54) is 0 Å². The van der Waals surface area contributed by atoms with Crippen LogP contribution in [0.1, 0.15) is 18.1 Å². The highest BCUT2D eigenvalue weighted by Gasteiger charge is 2.20. The van der Waals surface area contributed by atoms with E-state index in [1.807, 2.05) is 43.3 Å². The fourth-order valence-corrected chi connectivity index (χ4v) is 4.33. The monoisotopic (exact) mass is 370 g/mol. The van der Waals surface area contributed by atoms with Crippen LogP contribution in [0.2, 0.25) is 0 Å². The number of nitrogens with zero attached hydrogens (tertiary/aromatic N) is 1. The van der Waals surface area contributed by atoms with Gasteiger partial charge in [-0.2, -0.15) is 0 Å². The molecule has 5 nitrogen and oxygen atoms in total. The molecular formula is C20H22N2O3S. The molecule has 1 aromatic heterocycles. The number of aryl methyl sites for hydroxylation is 2. The predicted molar refractivity (Wildman–Crippen MR) is 103 cm³/mol. The Kier molecular flexibility index (Phi) is 5.25. The van der Waals surface area contributed by atoms with Gasteiger partial charge in [-0.3, -0.25) is 4.98 Å². The highest BCUT2D eigenvalue weighted by Crippen LogP contribution is 2.24. The number of hydrogen-bond acceptors (Lipinski definition) is 4. The minimum absolute atomic E-state index is 0.220. The molecule has 3 aromatic rings. The minimum Gasteiger partial charge on any atom is -0.491 e. The van der Waals surface area contributed by atoms with Crippen molar-refractivity contribution >= 4 is 20.9 Å². The molecule has 2 aromatic carbocycles. The molecule has 0 aliphatic carbocycles. The lowest BCUT2D eigenvalue weighted by atomic mass is 10.2. The average molecular weight is 370 g/mol. The van der Waals surface area contributed by atoms with Crippen LogP contribution in [0, 0.1) is 13.8 Å². The molecule has 0 unspecified atom stereocenters. The fraction of sp³-hybridized carbons (Fsp3) is 0.250. The van der Waals surface area contributed by atoms with Gasteiger partial charge >= 0.3 is 0 Å². The van der Waals surface area contributed by atoms with Gasteiger partial charge in [0, 0.05) is 11.6 Å². The van der Waals surface area contributed by atoms with Crippen molar-refractivity contribution in [2.75, 3.05) is 6.61 Å². The molecule has 0 aliphatic heterocycles. The maximum Gasteiger partial charge on any atom is 0.241 e. The van der Waals surface area contributed by atoms with E-state index in [0.29, 0.717) is 10.6 Å². The molecular weight excluding hydrogens is 348 g/mol. The van der Waals surface area contributed by atoms with E-state index in [4.69, 9.17) is 4.74 Å². The molecule has 1 heterocycles. The number of ether oxygens (including phenoxy) is 1. The van der Waals surface area contributed by atoms with Crippen molar-refractivity contribution in [1.82, 2.24) is 9.71 Å². The lowest BCUT2D eigenvalue weighted by Gasteiger charge is -2.17. The molecule has 0 amide bonds. The zero-order valence-electron chi connectivity index (χ0n) is 15.1. The second-order valence-corrected chi connectivity index (χ2v) is 8.11. The third-order valence-electron chi connectivity index (χ3n) is 4.07. The lowest BCUT2D eigenvalue weighted by molar-refractivity contribution is 0.290. The van der Waals surface area contributed by atoms with Gasteiger partial charge in [0.1, 0.15) is 12.4 Å². The first-order chi connectivity index (χ1) is 12.4. The van der Waals surface area contributed by atoms with Gasteiger partial charge in [-0.1, -0.05) is 23.8 Å². The molecule has 136 valence electrons. The summed E-state index contributed by atoms with van der Waals surface area (Å²) in [5.41, 5.74) is 2.60. The fourth-order valence-electron chi connectivity index (χ4n) is 2.88. The van der Waals surface area contributed by atoms with Crippen molar-refractivity contribution in [2.24, 2.45) is 0 Å². The molecule has 0 aliphatic rings. The van der Waals surface area contributed by atoms with Crippen LogP contribution in [0.5, 0.6) is 5.75 Å². The van der Waals surface area contributed by atoms with Crippen molar-refractivity contribution in [3.05, 3.63) is 65.9 Å². The minimum atomic E-state index is -3.60. The largest absolute Gasteiger partial charge is 0.491 e. The number of hydrogen-bond donors (Lipinski definition) is 1.